The van der Waals surface area contributed by atoms with Crippen LogP contribution in [0.25, 0.3) is 0 Å². The highest BCUT2D eigenvalue weighted by Gasteiger charge is 2.07. The molecule has 0 saturated carbocycles. The van der Waals surface area contributed by atoms with E-state index in [0.29, 0.717) is 11.0 Å². The Hall–Kier alpha value is -1.13. The highest BCUT2D eigenvalue weighted by atomic mass is 32.1. The molecule has 0 aliphatic heterocycles. The number of rotatable bonds is 9. The van der Waals surface area contributed by atoms with Crippen LogP contribution in [0.3, 0.4) is 0 Å². The SMILES string of the molecule is CCCN(CCCOc1ccc(C(N)=S)cc1)C(C)C. The van der Waals surface area contributed by atoms with Gasteiger partial charge in [0.05, 0.1) is 6.61 Å². The second kappa shape index (κ2) is 8.93. The van der Waals surface area contributed by atoms with E-state index in [1.807, 2.05) is 24.3 Å². The van der Waals surface area contributed by atoms with Crippen molar-refractivity contribution < 1.29 is 4.74 Å². The fourth-order valence-electron chi connectivity index (χ4n) is 2.09. The predicted octanol–water partition coefficient (Wildman–Crippen LogP) is 3.21. The summed E-state index contributed by atoms with van der Waals surface area (Å²) in [5.74, 6) is 0.872. The average molecular weight is 294 g/mol. The molecule has 0 aromatic heterocycles. The Balaban J connectivity index is 2.31. The van der Waals surface area contributed by atoms with Crippen molar-refractivity contribution in [1.29, 1.82) is 0 Å². The molecule has 0 radical (unpaired) electrons. The van der Waals surface area contributed by atoms with Crippen LogP contribution in [0.5, 0.6) is 5.75 Å². The predicted molar refractivity (Wildman–Crippen MR) is 89.4 cm³/mol. The highest BCUT2D eigenvalue weighted by molar-refractivity contribution is 7.80. The molecule has 0 aliphatic rings. The molecule has 2 N–H and O–H groups in total. The van der Waals surface area contributed by atoms with E-state index in [1.54, 1.807) is 0 Å². The molecule has 0 heterocycles. The van der Waals surface area contributed by atoms with Crippen LogP contribution in [-0.4, -0.2) is 35.6 Å². The lowest BCUT2D eigenvalue weighted by Gasteiger charge is -2.25. The van der Waals surface area contributed by atoms with Crippen molar-refractivity contribution in [2.24, 2.45) is 5.73 Å². The summed E-state index contributed by atoms with van der Waals surface area (Å²) < 4.78 is 5.74. The quantitative estimate of drug-likeness (QED) is 0.561. The van der Waals surface area contributed by atoms with Crippen LogP contribution in [-0.2, 0) is 0 Å². The third kappa shape index (κ3) is 5.88. The van der Waals surface area contributed by atoms with Crippen LogP contribution in [0.1, 0.15) is 39.2 Å². The molecular formula is C16H26N2OS. The monoisotopic (exact) mass is 294 g/mol. The summed E-state index contributed by atoms with van der Waals surface area (Å²) in [5, 5.41) is 0. The van der Waals surface area contributed by atoms with Crippen LogP contribution >= 0.6 is 12.2 Å². The number of ether oxygens (including phenoxy) is 1. The van der Waals surface area contributed by atoms with Crippen molar-refractivity contribution in [1.82, 2.24) is 4.90 Å². The van der Waals surface area contributed by atoms with Crippen molar-refractivity contribution in [2.45, 2.75) is 39.7 Å². The minimum Gasteiger partial charge on any atom is -0.494 e. The molecule has 0 saturated heterocycles. The molecule has 1 aromatic rings. The van der Waals surface area contributed by atoms with Gasteiger partial charge >= 0.3 is 0 Å². The molecule has 1 aromatic carbocycles. The van der Waals surface area contributed by atoms with Crippen LogP contribution in [0, 0.1) is 0 Å². The Kier molecular flexibility index (Phi) is 7.55. The molecule has 0 unspecified atom stereocenters. The van der Waals surface area contributed by atoms with Crippen LogP contribution < -0.4 is 10.5 Å². The van der Waals surface area contributed by atoms with Crippen LogP contribution in [0.2, 0.25) is 0 Å². The summed E-state index contributed by atoms with van der Waals surface area (Å²) in [7, 11) is 0. The summed E-state index contributed by atoms with van der Waals surface area (Å²) in [6.07, 6.45) is 2.23. The summed E-state index contributed by atoms with van der Waals surface area (Å²) in [6.45, 7) is 9.67. The maximum absolute atomic E-state index is 5.74. The molecule has 0 atom stereocenters. The molecule has 3 nitrogen and oxygen atoms in total. The van der Waals surface area contributed by atoms with Gasteiger partial charge < -0.3 is 15.4 Å². The lowest BCUT2D eigenvalue weighted by molar-refractivity contribution is 0.198. The van der Waals surface area contributed by atoms with Gasteiger partial charge in [0.1, 0.15) is 10.7 Å². The maximum atomic E-state index is 5.74. The third-order valence-electron chi connectivity index (χ3n) is 3.24. The minimum absolute atomic E-state index is 0.420. The van der Waals surface area contributed by atoms with Gasteiger partial charge in [0.2, 0.25) is 0 Å². The fourth-order valence-corrected chi connectivity index (χ4v) is 2.22. The van der Waals surface area contributed by atoms with E-state index in [4.69, 9.17) is 22.7 Å². The van der Waals surface area contributed by atoms with Crippen molar-refractivity contribution in [2.75, 3.05) is 19.7 Å². The zero-order chi connectivity index (χ0) is 15.0. The molecular weight excluding hydrogens is 268 g/mol. The normalized spacial score (nSPS) is 11.1. The van der Waals surface area contributed by atoms with E-state index in [-0.39, 0.29) is 0 Å². The van der Waals surface area contributed by atoms with Crippen molar-refractivity contribution >= 4 is 17.2 Å². The zero-order valence-corrected chi connectivity index (χ0v) is 13.6. The van der Waals surface area contributed by atoms with Gasteiger partial charge in [-0.2, -0.15) is 0 Å². The van der Waals surface area contributed by atoms with Gasteiger partial charge in [-0.25, -0.2) is 0 Å². The first-order valence-electron chi connectivity index (χ1n) is 7.31. The Morgan fingerprint density at radius 1 is 1.25 bits per heavy atom. The summed E-state index contributed by atoms with van der Waals surface area (Å²) in [6, 6.07) is 8.23. The van der Waals surface area contributed by atoms with Gasteiger partial charge in [-0.3, -0.25) is 0 Å². The van der Waals surface area contributed by atoms with Gasteiger partial charge in [0, 0.05) is 18.2 Å². The molecule has 20 heavy (non-hydrogen) atoms. The maximum Gasteiger partial charge on any atom is 0.119 e. The van der Waals surface area contributed by atoms with Gasteiger partial charge in [-0.05, 0) is 57.5 Å². The van der Waals surface area contributed by atoms with Gasteiger partial charge in [0.15, 0.2) is 0 Å². The largest absolute Gasteiger partial charge is 0.494 e. The van der Waals surface area contributed by atoms with Crippen molar-refractivity contribution in [3.05, 3.63) is 29.8 Å². The van der Waals surface area contributed by atoms with E-state index in [0.717, 1.165) is 37.4 Å². The molecule has 1 rings (SSSR count). The Morgan fingerprint density at radius 2 is 1.90 bits per heavy atom. The number of nitrogens with two attached hydrogens (primary N) is 1. The molecule has 0 aliphatic carbocycles. The van der Waals surface area contributed by atoms with Crippen molar-refractivity contribution in [3.8, 4) is 5.75 Å². The summed E-state index contributed by atoms with van der Waals surface area (Å²) >= 11 is 4.92. The standard InChI is InChI=1S/C16H26N2OS/c1-4-10-18(13(2)3)11-5-12-19-15-8-6-14(7-9-15)16(17)20/h6-9,13H,4-5,10-12H2,1-3H3,(H2,17,20). The average Bonchev–Trinajstić information content (AvgIpc) is 2.42. The highest BCUT2D eigenvalue weighted by Crippen LogP contribution is 2.12. The van der Waals surface area contributed by atoms with E-state index >= 15 is 0 Å². The number of hydrogen-bond acceptors (Lipinski definition) is 3. The van der Waals surface area contributed by atoms with Crippen molar-refractivity contribution in [3.63, 3.8) is 0 Å². The number of nitrogens with zero attached hydrogens (tertiary/aromatic N) is 1. The zero-order valence-electron chi connectivity index (χ0n) is 12.8. The fraction of sp³-hybridized carbons (Fsp3) is 0.562. The Labute approximate surface area is 128 Å². The molecule has 0 amide bonds. The first kappa shape index (κ1) is 16.9. The molecule has 4 heteroatoms. The van der Waals surface area contributed by atoms with E-state index in [9.17, 15) is 0 Å². The van der Waals surface area contributed by atoms with Crippen LogP contribution in [0.4, 0.5) is 0 Å². The summed E-state index contributed by atoms with van der Waals surface area (Å²) in [4.78, 5) is 2.91. The van der Waals surface area contributed by atoms with Gasteiger partial charge in [-0.15, -0.1) is 0 Å². The second-order valence-electron chi connectivity index (χ2n) is 5.22. The molecule has 112 valence electrons. The topological polar surface area (TPSA) is 38.5 Å². The van der Waals surface area contributed by atoms with E-state index in [2.05, 4.69) is 25.7 Å². The van der Waals surface area contributed by atoms with E-state index in [1.165, 1.54) is 6.42 Å². The van der Waals surface area contributed by atoms with E-state index < -0.39 is 0 Å². The first-order valence-corrected chi connectivity index (χ1v) is 7.72. The first-order chi connectivity index (χ1) is 9.54. The smallest absolute Gasteiger partial charge is 0.119 e. The second-order valence-corrected chi connectivity index (χ2v) is 5.66. The molecule has 0 spiro atoms. The Morgan fingerprint density at radius 3 is 2.40 bits per heavy atom. The minimum atomic E-state index is 0.420. The number of benzene rings is 1. The number of thiocarbonyl (C=S) groups is 1. The lowest BCUT2D eigenvalue weighted by Crippen LogP contribution is -2.33. The third-order valence-corrected chi connectivity index (χ3v) is 3.47. The molecule has 0 fully saturated rings. The van der Waals surface area contributed by atoms with Crippen LogP contribution in [0.15, 0.2) is 24.3 Å². The lowest BCUT2D eigenvalue weighted by atomic mass is 10.2. The van der Waals surface area contributed by atoms with Gasteiger partial charge in [-0.1, -0.05) is 19.1 Å². The molecule has 0 bridgehead atoms. The summed E-state index contributed by atoms with van der Waals surface area (Å²) in [5.41, 5.74) is 6.44. The number of hydrogen-bond donors (Lipinski definition) is 1. The van der Waals surface area contributed by atoms with Gasteiger partial charge in [0.25, 0.3) is 0 Å². The Bertz CT molecular complexity index is 403.